The Kier molecular flexibility index (Phi) is 5.11. The molecule has 0 amide bonds. The van der Waals surface area contributed by atoms with Crippen molar-refractivity contribution in [3.05, 3.63) is 41.2 Å². The summed E-state index contributed by atoms with van der Waals surface area (Å²) in [6.45, 7) is 0.0998. The molecule has 0 aliphatic carbocycles. The molecule has 0 aliphatic rings. The van der Waals surface area contributed by atoms with Crippen LogP contribution in [0.1, 0.15) is 5.69 Å². The Morgan fingerprint density at radius 1 is 1.25 bits per heavy atom. The van der Waals surface area contributed by atoms with E-state index in [0.29, 0.717) is 12.2 Å². The van der Waals surface area contributed by atoms with E-state index in [9.17, 15) is 13.2 Å². The summed E-state index contributed by atoms with van der Waals surface area (Å²) in [6.07, 6.45) is -4.43. The third-order valence-corrected chi connectivity index (χ3v) is 3.53. The number of halogens is 3. The second kappa shape index (κ2) is 6.83. The van der Waals surface area contributed by atoms with Crippen LogP contribution in [-0.4, -0.2) is 29.2 Å². The fourth-order valence-electron chi connectivity index (χ4n) is 1.55. The molecule has 0 radical (unpaired) electrons. The van der Waals surface area contributed by atoms with Gasteiger partial charge in [-0.15, -0.1) is 11.3 Å². The quantitative estimate of drug-likeness (QED) is 0.862. The van der Waals surface area contributed by atoms with Crippen LogP contribution in [0.5, 0.6) is 0 Å². The molecule has 2 aromatic rings. The van der Waals surface area contributed by atoms with E-state index in [-0.39, 0.29) is 12.4 Å². The summed E-state index contributed by atoms with van der Waals surface area (Å²) >= 11 is 1.39. The number of aliphatic hydroxyl groups excluding tert-OH is 1. The molecule has 7 heteroatoms. The largest absolute Gasteiger partial charge is 0.386 e. The fourth-order valence-corrected chi connectivity index (χ4v) is 2.38. The van der Waals surface area contributed by atoms with Crippen molar-refractivity contribution >= 4 is 11.3 Å². The SMILES string of the molecule is OC(CNCc1csc(-c2ccc(F)cc2)n1)C(F)F. The van der Waals surface area contributed by atoms with Gasteiger partial charge in [-0.2, -0.15) is 0 Å². The van der Waals surface area contributed by atoms with Gasteiger partial charge < -0.3 is 10.4 Å². The lowest BCUT2D eigenvalue weighted by Crippen LogP contribution is -2.31. The number of nitrogens with zero attached hydrogens (tertiary/aromatic N) is 1. The zero-order valence-electron chi connectivity index (χ0n) is 10.4. The maximum absolute atomic E-state index is 12.8. The maximum Gasteiger partial charge on any atom is 0.265 e. The molecule has 1 atom stereocenters. The average Bonchev–Trinajstić information content (AvgIpc) is 2.88. The van der Waals surface area contributed by atoms with Crippen LogP contribution in [0.2, 0.25) is 0 Å². The van der Waals surface area contributed by atoms with Crippen molar-refractivity contribution in [3.8, 4) is 10.6 Å². The van der Waals surface area contributed by atoms with E-state index in [4.69, 9.17) is 5.11 Å². The van der Waals surface area contributed by atoms with Crippen molar-refractivity contribution < 1.29 is 18.3 Å². The Balaban J connectivity index is 1.91. The summed E-state index contributed by atoms with van der Waals surface area (Å²) in [7, 11) is 0. The molecule has 1 heterocycles. The average molecular weight is 302 g/mol. The first-order valence-corrected chi connectivity index (χ1v) is 6.81. The molecule has 108 valence electrons. The third kappa shape index (κ3) is 4.03. The topological polar surface area (TPSA) is 45.1 Å². The van der Waals surface area contributed by atoms with Crippen LogP contribution in [0.4, 0.5) is 13.2 Å². The molecule has 0 bridgehead atoms. The van der Waals surface area contributed by atoms with Gasteiger partial charge in [0.15, 0.2) is 0 Å². The third-order valence-electron chi connectivity index (χ3n) is 2.59. The second-order valence-corrected chi connectivity index (χ2v) is 5.04. The first-order chi connectivity index (χ1) is 9.56. The molecule has 0 spiro atoms. The Bertz CT molecular complexity index is 545. The molecular formula is C13H13F3N2OS. The van der Waals surface area contributed by atoms with E-state index in [2.05, 4.69) is 10.3 Å². The van der Waals surface area contributed by atoms with Crippen molar-refractivity contribution in [2.75, 3.05) is 6.54 Å². The molecule has 2 rings (SSSR count). The van der Waals surface area contributed by atoms with Gasteiger partial charge in [-0.05, 0) is 24.3 Å². The van der Waals surface area contributed by atoms with E-state index in [1.54, 1.807) is 17.5 Å². The van der Waals surface area contributed by atoms with Crippen molar-refractivity contribution in [3.63, 3.8) is 0 Å². The summed E-state index contributed by atoms with van der Waals surface area (Å²) in [5.74, 6) is -0.312. The van der Waals surface area contributed by atoms with Gasteiger partial charge in [-0.1, -0.05) is 0 Å². The van der Waals surface area contributed by atoms with E-state index in [0.717, 1.165) is 10.6 Å². The normalized spacial score (nSPS) is 12.8. The molecule has 0 saturated heterocycles. The van der Waals surface area contributed by atoms with Crippen LogP contribution in [0.15, 0.2) is 29.6 Å². The van der Waals surface area contributed by atoms with Gasteiger partial charge >= 0.3 is 0 Å². The lowest BCUT2D eigenvalue weighted by atomic mass is 10.2. The first-order valence-electron chi connectivity index (χ1n) is 5.93. The number of rotatable bonds is 6. The van der Waals surface area contributed by atoms with Crippen LogP contribution in [0, 0.1) is 5.82 Å². The van der Waals surface area contributed by atoms with E-state index >= 15 is 0 Å². The molecule has 0 saturated carbocycles. The Hall–Kier alpha value is -1.44. The number of benzene rings is 1. The zero-order chi connectivity index (χ0) is 14.5. The van der Waals surface area contributed by atoms with Crippen LogP contribution < -0.4 is 5.32 Å². The number of thiazole rings is 1. The Morgan fingerprint density at radius 3 is 2.60 bits per heavy atom. The van der Waals surface area contributed by atoms with Crippen LogP contribution in [0.25, 0.3) is 10.6 Å². The standard InChI is InChI=1S/C13H13F3N2OS/c14-9-3-1-8(2-4-9)13-18-10(7-20-13)5-17-6-11(19)12(15)16/h1-4,7,11-12,17,19H,5-6H2. The molecular weight excluding hydrogens is 289 g/mol. The molecule has 3 nitrogen and oxygen atoms in total. The predicted molar refractivity (Wildman–Crippen MR) is 71.2 cm³/mol. The molecule has 0 fully saturated rings. The highest BCUT2D eigenvalue weighted by Crippen LogP contribution is 2.23. The van der Waals surface area contributed by atoms with Crippen molar-refractivity contribution in [2.45, 2.75) is 19.1 Å². The van der Waals surface area contributed by atoms with Gasteiger partial charge in [0.05, 0.1) is 5.69 Å². The fraction of sp³-hybridized carbons (Fsp3) is 0.308. The molecule has 2 N–H and O–H groups in total. The van der Waals surface area contributed by atoms with Gasteiger partial charge in [0, 0.05) is 24.0 Å². The van der Waals surface area contributed by atoms with E-state index < -0.39 is 12.5 Å². The number of nitrogens with one attached hydrogen (secondary N) is 1. The van der Waals surface area contributed by atoms with Gasteiger partial charge in [-0.25, -0.2) is 18.2 Å². The monoisotopic (exact) mass is 302 g/mol. The van der Waals surface area contributed by atoms with Crippen LogP contribution in [-0.2, 0) is 6.54 Å². The zero-order valence-corrected chi connectivity index (χ0v) is 11.2. The minimum atomic E-state index is -2.76. The number of hydrogen-bond donors (Lipinski definition) is 2. The lowest BCUT2D eigenvalue weighted by molar-refractivity contribution is -0.00343. The summed E-state index contributed by atoms with van der Waals surface area (Å²) in [4.78, 5) is 4.32. The van der Waals surface area contributed by atoms with Crippen molar-refractivity contribution in [1.82, 2.24) is 10.3 Å². The highest BCUT2D eigenvalue weighted by atomic mass is 32.1. The highest BCUT2D eigenvalue weighted by molar-refractivity contribution is 7.13. The summed E-state index contributed by atoms with van der Waals surface area (Å²) in [5, 5.41) is 14.2. The molecule has 20 heavy (non-hydrogen) atoms. The molecule has 1 aromatic heterocycles. The maximum atomic E-state index is 12.8. The molecule has 1 aromatic carbocycles. The smallest absolute Gasteiger partial charge is 0.265 e. The van der Waals surface area contributed by atoms with Crippen LogP contribution in [0.3, 0.4) is 0 Å². The Labute approximate surface area is 118 Å². The van der Waals surface area contributed by atoms with Crippen molar-refractivity contribution in [2.24, 2.45) is 0 Å². The summed E-state index contributed by atoms with van der Waals surface area (Å²) in [6, 6.07) is 5.97. The van der Waals surface area contributed by atoms with E-state index in [1.165, 1.54) is 23.5 Å². The minimum Gasteiger partial charge on any atom is -0.386 e. The van der Waals surface area contributed by atoms with Gasteiger partial charge in [-0.3, -0.25) is 0 Å². The van der Waals surface area contributed by atoms with Gasteiger partial charge in [0.25, 0.3) is 6.43 Å². The second-order valence-electron chi connectivity index (χ2n) is 4.18. The van der Waals surface area contributed by atoms with Gasteiger partial charge in [0.1, 0.15) is 16.9 Å². The van der Waals surface area contributed by atoms with Crippen LogP contribution >= 0.6 is 11.3 Å². The van der Waals surface area contributed by atoms with E-state index in [1.807, 2.05) is 0 Å². The lowest BCUT2D eigenvalue weighted by Gasteiger charge is -2.09. The number of hydrogen-bond acceptors (Lipinski definition) is 4. The highest BCUT2D eigenvalue weighted by Gasteiger charge is 2.15. The first kappa shape index (κ1) is 15.0. The minimum absolute atomic E-state index is 0.193. The number of aromatic nitrogens is 1. The summed E-state index contributed by atoms with van der Waals surface area (Å²) < 4.78 is 37.0. The molecule has 0 aliphatic heterocycles. The summed E-state index contributed by atoms with van der Waals surface area (Å²) in [5.41, 5.74) is 1.49. The Morgan fingerprint density at radius 2 is 1.95 bits per heavy atom. The molecule has 1 unspecified atom stereocenters. The number of aliphatic hydroxyl groups is 1. The number of alkyl halides is 2. The van der Waals surface area contributed by atoms with Crippen molar-refractivity contribution in [1.29, 1.82) is 0 Å². The van der Waals surface area contributed by atoms with Gasteiger partial charge in [0.2, 0.25) is 0 Å². The predicted octanol–water partition coefficient (Wildman–Crippen LogP) is 2.66.